The third kappa shape index (κ3) is 1.96. The van der Waals surface area contributed by atoms with Gasteiger partial charge < -0.3 is 4.90 Å². The molecule has 1 atom stereocenters. The second kappa shape index (κ2) is 3.57. The maximum atomic E-state index is 2.39. The zero-order valence-corrected chi connectivity index (χ0v) is 8.30. The van der Waals surface area contributed by atoms with E-state index in [1.807, 2.05) is 0 Å². The van der Waals surface area contributed by atoms with Gasteiger partial charge in [-0.05, 0) is 38.8 Å². The SMILES string of the molecule is CCC(C)[C@H]1C[C@@H](N(C)C)C1. The Morgan fingerprint density at radius 2 is 1.91 bits per heavy atom. The van der Waals surface area contributed by atoms with Crippen molar-refractivity contribution in [3.05, 3.63) is 0 Å². The van der Waals surface area contributed by atoms with E-state index in [0.717, 1.165) is 17.9 Å². The van der Waals surface area contributed by atoms with E-state index in [0.29, 0.717) is 0 Å². The van der Waals surface area contributed by atoms with Crippen LogP contribution >= 0.6 is 0 Å². The Kier molecular flexibility index (Phi) is 2.94. The van der Waals surface area contributed by atoms with E-state index in [9.17, 15) is 0 Å². The molecule has 1 nitrogen and oxygen atoms in total. The van der Waals surface area contributed by atoms with E-state index in [-0.39, 0.29) is 0 Å². The average Bonchev–Trinajstić information content (AvgIpc) is 1.83. The van der Waals surface area contributed by atoms with Crippen LogP contribution in [0.5, 0.6) is 0 Å². The molecule has 0 amide bonds. The van der Waals surface area contributed by atoms with Crippen LogP contribution in [-0.2, 0) is 0 Å². The first-order valence-electron chi connectivity index (χ1n) is 4.81. The lowest BCUT2D eigenvalue weighted by molar-refractivity contribution is 0.0851. The van der Waals surface area contributed by atoms with Crippen LogP contribution in [0.15, 0.2) is 0 Å². The monoisotopic (exact) mass is 155 g/mol. The van der Waals surface area contributed by atoms with Crippen molar-refractivity contribution in [2.75, 3.05) is 14.1 Å². The Morgan fingerprint density at radius 1 is 1.36 bits per heavy atom. The molecule has 0 aromatic heterocycles. The van der Waals surface area contributed by atoms with Crippen LogP contribution < -0.4 is 0 Å². The lowest BCUT2D eigenvalue weighted by atomic mass is 9.72. The van der Waals surface area contributed by atoms with Gasteiger partial charge in [-0.15, -0.1) is 0 Å². The Hall–Kier alpha value is -0.0400. The largest absolute Gasteiger partial charge is 0.306 e. The van der Waals surface area contributed by atoms with Gasteiger partial charge in [-0.3, -0.25) is 0 Å². The summed E-state index contributed by atoms with van der Waals surface area (Å²) in [6, 6.07) is 0.883. The highest BCUT2D eigenvalue weighted by molar-refractivity contribution is 4.86. The van der Waals surface area contributed by atoms with Gasteiger partial charge >= 0.3 is 0 Å². The number of hydrogen-bond donors (Lipinski definition) is 0. The third-order valence-corrected chi connectivity index (χ3v) is 3.33. The molecule has 66 valence electrons. The fraction of sp³-hybridized carbons (Fsp3) is 1.00. The molecule has 0 heterocycles. The zero-order valence-electron chi connectivity index (χ0n) is 8.30. The molecule has 1 aliphatic carbocycles. The minimum absolute atomic E-state index is 0.883. The summed E-state index contributed by atoms with van der Waals surface area (Å²) < 4.78 is 0. The van der Waals surface area contributed by atoms with E-state index in [4.69, 9.17) is 0 Å². The lowest BCUT2D eigenvalue weighted by Gasteiger charge is -2.42. The van der Waals surface area contributed by atoms with E-state index in [2.05, 4.69) is 32.8 Å². The highest BCUT2D eigenvalue weighted by atomic mass is 15.1. The molecule has 0 bridgehead atoms. The fourth-order valence-electron chi connectivity index (χ4n) is 1.85. The Labute approximate surface area is 70.8 Å². The van der Waals surface area contributed by atoms with Gasteiger partial charge in [-0.25, -0.2) is 0 Å². The second-order valence-corrected chi connectivity index (χ2v) is 4.23. The Morgan fingerprint density at radius 3 is 2.27 bits per heavy atom. The molecule has 0 N–H and O–H groups in total. The molecule has 0 radical (unpaired) electrons. The molecule has 0 saturated heterocycles. The van der Waals surface area contributed by atoms with Crippen molar-refractivity contribution < 1.29 is 0 Å². The summed E-state index contributed by atoms with van der Waals surface area (Å²) in [5.41, 5.74) is 0. The van der Waals surface area contributed by atoms with Crippen molar-refractivity contribution in [1.82, 2.24) is 4.90 Å². The molecule has 1 unspecified atom stereocenters. The molecule has 0 aromatic carbocycles. The van der Waals surface area contributed by atoms with E-state index in [1.165, 1.54) is 19.3 Å². The number of hydrogen-bond acceptors (Lipinski definition) is 1. The van der Waals surface area contributed by atoms with E-state index < -0.39 is 0 Å². The summed E-state index contributed by atoms with van der Waals surface area (Å²) in [4.78, 5) is 2.36. The van der Waals surface area contributed by atoms with Gasteiger partial charge in [-0.1, -0.05) is 20.3 Å². The van der Waals surface area contributed by atoms with Crippen LogP contribution in [0, 0.1) is 11.8 Å². The van der Waals surface area contributed by atoms with Crippen LogP contribution in [-0.4, -0.2) is 25.0 Å². The summed E-state index contributed by atoms with van der Waals surface area (Å²) >= 11 is 0. The summed E-state index contributed by atoms with van der Waals surface area (Å²) in [6.45, 7) is 4.68. The van der Waals surface area contributed by atoms with Crippen molar-refractivity contribution in [3.8, 4) is 0 Å². The predicted octanol–water partition coefficient (Wildman–Crippen LogP) is 2.37. The molecule has 0 aliphatic heterocycles. The van der Waals surface area contributed by atoms with Gasteiger partial charge in [-0.2, -0.15) is 0 Å². The van der Waals surface area contributed by atoms with Crippen LogP contribution in [0.4, 0.5) is 0 Å². The van der Waals surface area contributed by atoms with E-state index >= 15 is 0 Å². The van der Waals surface area contributed by atoms with Crippen molar-refractivity contribution in [1.29, 1.82) is 0 Å². The van der Waals surface area contributed by atoms with Gasteiger partial charge in [0.2, 0.25) is 0 Å². The van der Waals surface area contributed by atoms with Gasteiger partial charge in [0.05, 0.1) is 0 Å². The minimum Gasteiger partial charge on any atom is -0.306 e. The van der Waals surface area contributed by atoms with Gasteiger partial charge in [0.25, 0.3) is 0 Å². The van der Waals surface area contributed by atoms with E-state index in [1.54, 1.807) is 0 Å². The predicted molar refractivity (Wildman–Crippen MR) is 49.7 cm³/mol. The number of rotatable bonds is 3. The highest BCUT2D eigenvalue weighted by Crippen LogP contribution is 2.37. The first-order valence-corrected chi connectivity index (χ1v) is 4.81. The first-order chi connectivity index (χ1) is 5.15. The molecule has 1 fully saturated rings. The summed E-state index contributed by atoms with van der Waals surface area (Å²) in [7, 11) is 4.38. The quantitative estimate of drug-likeness (QED) is 0.605. The molecule has 0 spiro atoms. The Bertz CT molecular complexity index is 114. The molecular formula is C10H21N. The highest BCUT2D eigenvalue weighted by Gasteiger charge is 2.32. The molecule has 11 heavy (non-hydrogen) atoms. The van der Waals surface area contributed by atoms with Crippen molar-refractivity contribution in [2.45, 2.75) is 39.2 Å². The molecule has 1 heteroatoms. The topological polar surface area (TPSA) is 3.24 Å². The maximum absolute atomic E-state index is 2.39. The smallest absolute Gasteiger partial charge is 0.00946 e. The first kappa shape index (κ1) is 9.05. The van der Waals surface area contributed by atoms with Crippen molar-refractivity contribution in [2.24, 2.45) is 11.8 Å². The normalized spacial score (nSPS) is 33.5. The summed E-state index contributed by atoms with van der Waals surface area (Å²) in [5.74, 6) is 1.97. The molecule has 1 rings (SSSR count). The lowest BCUT2D eigenvalue weighted by Crippen LogP contribution is -2.42. The molecule has 1 saturated carbocycles. The standard InChI is InChI=1S/C10H21N/c1-5-8(2)9-6-10(7-9)11(3)4/h8-10H,5-7H2,1-4H3/t8?,9-,10+. The van der Waals surface area contributed by atoms with Gasteiger partial charge in [0.15, 0.2) is 0 Å². The summed E-state index contributed by atoms with van der Waals surface area (Å²) in [6.07, 6.45) is 4.22. The van der Waals surface area contributed by atoms with Crippen LogP contribution in [0.1, 0.15) is 33.1 Å². The number of nitrogens with zero attached hydrogens (tertiary/aromatic N) is 1. The second-order valence-electron chi connectivity index (χ2n) is 4.23. The van der Waals surface area contributed by atoms with Crippen LogP contribution in [0.2, 0.25) is 0 Å². The molecular weight excluding hydrogens is 134 g/mol. The molecule has 1 aliphatic rings. The third-order valence-electron chi connectivity index (χ3n) is 3.33. The zero-order chi connectivity index (χ0) is 8.43. The fourth-order valence-corrected chi connectivity index (χ4v) is 1.85. The molecule has 0 aromatic rings. The minimum atomic E-state index is 0.883. The van der Waals surface area contributed by atoms with Crippen molar-refractivity contribution >= 4 is 0 Å². The average molecular weight is 155 g/mol. The Balaban J connectivity index is 2.18. The van der Waals surface area contributed by atoms with Gasteiger partial charge in [0.1, 0.15) is 0 Å². The van der Waals surface area contributed by atoms with Crippen LogP contribution in [0.3, 0.4) is 0 Å². The van der Waals surface area contributed by atoms with Crippen molar-refractivity contribution in [3.63, 3.8) is 0 Å². The summed E-state index contributed by atoms with van der Waals surface area (Å²) in [5, 5.41) is 0. The van der Waals surface area contributed by atoms with Crippen LogP contribution in [0.25, 0.3) is 0 Å². The maximum Gasteiger partial charge on any atom is 0.00946 e. The van der Waals surface area contributed by atoms with Gasteiger partial charge in [0, 0.05) is 6.04 Å².